The molecule has 0 atom stereocenters. The minimum absolute atomic E-state index is 0. The second-order valence-electron chi connectivity index (χ2n) is 3.04. The molecule has 0 saturated carbocycles. The van der Waals surface area contributed by atoms with E-state index in [2.05, 4.69) is 38.3 Å². The molecule has 7 heteroatoms. The summed E-state index contributed by atoms with van der Waals surface area (Å²) in [6.45, 7) is 5.49. The first-order valence-corrected chi connectivity index (χ1v) is 6.20. The van der Waals surface area contributed by atoms with Gasteiger partial charge in [-0.05, 0) is 37.3 Å². The monoisotopic (exact) mass is 329 g/mol. The normalized spacial score (nSPS) is 8.12. The number of thiocarbonyl (C=S) groups is 2. The zero-order valence-electron chi connectivity index (χ0n) is 10.3. The van der Waals surface area contributed by atoms with Gasteiger partial charge in [0.25, 0.3) is 10.3 Å². The van der Waals surface area contributed by atoms with E-state index < -0.39 is 0 Å². The third-order valence-electron chi connectivity index (χ3n) is 1.48. The van der Waals surface area contributed by atoms with Crippen LogP contribution in [0.2, 0.25) is 0 Å². The molecule has 0 saturated heterocycles. The van der Waals surface area contributed by atoms with Gasteiger partial charge in [-0.2, -0.15) is 0 Å². The predicted molar refractivity (Wildman–Crippen MR) is 75.3 cm³/mol. The molecule has 0 aliphatic carbocycles. The molecule has 0 aromatic carbocycles. The van der Waals surface area contributed by atoms with Crippen molar-refractivity contribution in [2.24, 2.45) is 11.5 Å². The van der Waals surface area contributed by atoms with Crippen LogP contribution in [-0.2, 0) is 26.5 Å². The zero-order chi connectivity index (χ0) is 12.8. The van der Waals surface area contributed by atoms with Crippen LogP contribution in [0.1, 0.15) is 39.5 Å². The van der Waals surface area contributed by atoms with Gasteiger partial charge in [0.15, 0.2) is 0 Å². The van der Waals surface area contributed by atoms with Crippen molar-refractivity contribution in [3.8, 4) is 0 Å². The van der Waals surface area contributed by atoms with Crippen molar-refractivity contribution in [3.05, 3.63) is 0 Å². The van der Waals surface area contributed by atoms with Gasteiger partial charge in [0, 0.05) is 17.1 Å². The molecule has 0 amide bonds. The molecule has 0 aromatic heterocycles. The van der Waals surface area contributed by atoms with E-state index >= 15 is 0 Å². The molecule has 0 bridgehead atoms. The second-order valence-corrected chi connectivity index (χ2v) is 3.85. The number of hydrogen-bond acceptors (Lipinski definition) is 4. The summed E-state index contributed by atoms with van der Waals surface area (Å²) >= 11 is 8.93. The molecule has 0 rings (SSSR count). The molecule has 17 heavy (non-hydrogen) atoms. The molecule has 4 nitrogen and oxygen atoms in total. The van der Waals surface area contributed by atoms with Gasteiger partial charge in [-0.1, -0.05) is 26.7 Å². The fourth-order valence-electron chi connectivity index (χ4n) is 0.634. The molecule has 107 valence electrons. The smallest absolute Gasteiger partial charge is 0.253 e. The summed E-state index contributed by atoms with van der Waals surface area (Å²) in [6, 6.07) is 0. The minimum atomic E-state index is 0. The Kier molecular flexibility index (Phi) is 23.8. The quantitative estimate of drug-likeness (QED) is 0.442. The SMILES string of the molecule is CCCCOC(N)=S.CCCCOC(N)=S.[Cu]. The van der Waals surface area contributed by atoms with Crippen molar-refractivity contribution in [2.75, 3.05) is 13.2 Å². The first kappa shape index (κ1) is 22.1. The van der Waals surface area contributed by atoms with E-state index in [-0.39, 0.29) is 27.4 Å². The van der Waals surface area contributed by atoms with Gasteiger partial charge in [0.2, 0.25) is 0 Å². The fraction of sp³-hybridized carbons (Fsp3) is 0.800. The Morgan fingerprint density at radius 3 is 1.35 bits per heavy atom. The number of ether oxygens (including phenoxy) is 2. The molecule has 0 unspecified atom stereocenters. The van der Waals surface area contributed by atoms with Gasteiger partial charge in [-0.25, -0.2) is 0 Å². The third-order valence-corrected chi connectivity index (χ3v) is 1.72. The predicted octanol–water partition coefficient (Wildman–Crippen LogP) is 2.09. The maximum absolute atomic E-state index is 5.04. The van der Waals surface area contributed by atoms with E-state index in [1.165, 1.54) is 0 Å². The third kappa shape index (κ3) is 31.3. The summed E-state index contributed by atoms with van der Waals surface area (Å²) < 4.78 is 9.58. The summed E-state index contributed by atoms with van der Waals surface area (Å²) in [6.07, 6.45) is 4.28. The average Bonchev–Trinajstić information content (AvgIpc) is 2.18. The maximum atomic E-state index is 5.04. The first-order chi connectivity index (χ1) is 7.54. The van der Waals surface area contributed by atoms with E-state index in [4.69, 9.17) is 20.9 Å². The largest absolute Gasteiger partial charge is 0.471 e. The topological polar surface area (TPSA) is 70.5 Å². The molecule has 0 spiro atoms. The van der Waals surface area contributed by atoms with Crippen molar-refractivity contribution in [2.45, 2.75) is 39.5 Å². The fourth-order valence-corrected chi connectivity index (χ4v) is 0.801. The Labute approximate surface area is 125 Å². The molecule has 1 radical (unpaired) electrons. The van der Waals surface area contributed by atoms with Crippen molar-refractivity contribution < 1.29 is 26.5 Å². The van der Waals surface area contributed by atoms with Gasteiger partial charge >= 0.3 is 0 Å². The number of hydrogen-bond donors (Lipinski definition) is 2. The van der Waals surface area contributed by atoms with Crippen LogP contribution >= 0.6 is 24.4 Å². The van der Waals surface area contributed by atoms with Crippen molar-refractivity contribution >= 4 is 34.8 Å². The van der Waals surface area contributed by atoms with Gasteiger partial charge < -0.3 is 20.9 Å². The van der Waals surface area contributed by atoms with Crippen LogP contribution in [0.25, 0.3) is 0 Å². The summed E-state index contributed by atoms with van der Waals surface area (Å²) in [7, 11) is 0. The Hall–Kier alpha value is -0.101. The van der Waals surface area contributed by atoms with Crippen molar-refractivity contribution in [1.82, 2.24) is 0 Å². The molecular formula is C10H22CuN2O2S2. The van der Waals surface area contributed by atoms with Crippen LogP contribution < -0.4 is 11.5 Å². The van der Waals surface area contributed by atoms with Crippen LogP contribution in [0, 0.1) is 0 Å². The Morgan fingerprint density at radius 1 is 0.882 bits per heavy atom. The minimum Gasteiger partial charge on any atom is -0.471 e. The van der Waals surface area contributed by atoms with Gasteiger partial charge in [0.05, 0.1) is 13.2 Å². The summed E-state index contributed by atoms with van der Waals surface area (Å²) in [5.41, 5.74) is 10.1. The Bertz CT molecular complexity index is 175. The molecule has 0 aliphatic heterocycles. The maximum Gasteiger partial charge on any atom is 0.253 e. The standard InChI is InChI=1S/2C5H11NOS.Cu/c2*1-2-3-4-7-5(6)8;/h2*2-4H2,1H3,(H2,6,8);. The number of rotatable bonds is 6. The summed E-state index contributed by atoms with van der Waals surface area (Å²) in [5, 5.41) is 0.303. The van der Waals surface area contributed by atoms with Crippen LogP contribution in [0.4, 0.5) is 0 Å². The van der Waals surface area contributed by atoms with Crippen LogP contribution in [0.5, 0.6) is 0 Å². The molecule has 0 aromatic rings. The van der Waals surface area contributed by atoms with Crippen LogP contribution in [0.3, 0.4) is 0 Å². The van der Waals surface area contributed by atoms with E-state index in [0.29, 0.717) is 13.2 Å². The van der Waals surface area contributed by atoms with Gasteiger partial charge in [-0.3, -0.25) is 0 Å². The number of unbranched alkanes of at least 4 members (excludes halogenated alkanes) is 2. The molecule has 0 fully saturated rings. The second kappa shape index (κ2) is 18.3. The van der Waals surface area contributed by atoms with Crippen LogP contribution in [0.15, 0.2) is 0 Å². The van der Waals surface area contributed by atoms with Crippen LogP contribution in [-0.4, -0.2) is 23.6 Å². The Morgan fingerprint density at radius 2 is 1.18 bits per heavy atom. The van der Waals surface area contributed by atoms with E-state index in [9.17, 15) is 0 Å². The molecular weight excluding hydrogens is 308 g/mol. The Balaban J connectivity index is -0.000000218. The van der Waals surface area contributed by atoms with Gasteiger partial charge in [-0.15, -0.1) is 0 Å². The molecule has 0 heterocycles. The summed E-state index contributed by atoms with van der Waals surface area (Å²) in [4.78, 5) is 0. The van der Waals surface area contributed by atoms with Crippen molar-refractivity contribution in [3.63, 3.8) is 0 Å². The average molecular weight is 330 g/mol. The van der Waals surface area contributed by atoms with Crippen molar-refractivity contribution in [1.29, 1.82) is 0 Å². The number of nitrogens with two attached hydrogens (primary N) is 2. The summed E-state index contributed by atoms with van der Waals surface area (Å²) in [5.74, 6) is 0. The first-order valence-electron chi connectivity index (χ1n) is 5.39. The van der Waals surface area contributed by atoms with E-state index in [1.807, 2.05) is 0 Å². The van der Waals surface area contributed by atoms with E-state index in [0.717, 1.165) is 25.7 Å². The zero-order valence-corrected chi connectivity index (χ0v) is 12.9. The molecule has 0 aliphatic rings. The van der Waals surface area contributed by atoms with Gasteiger partial charge in [0.1, 0.15) is 0 Å². The molecule has 4 N–H and O–H groups in total. The van der Waals surface area contributed by atoms with E-state index in [1.54, 1.807) is 0 Å².